The van der Waals surface area contributed by atoms with Gasteiger partial charge in [-0.2, -0.15) is 13.2 Å². The molecule has 0 saturated carbocycles. The average molecular weight is 435 g/mol. The van der Waals surface area contributed by atoms with Crippen molar-refractivity contribution in [1.29, 1.82) is 0 Å². The first kappa shape index (κ1) is 20.3. The number of alkyl halides is 3. The molecule has 1 aliphatic rings. The third-order valence-corrected chi connectivity index (χ3v) is 5.35. The molecule has 0 unspecified atom stereocenters. The number of rotatable bonds is 3. The fourth-order valence-electron chi connectivity index (χ4n) is 2.73. The Hall–Kier alpha value is -2.46. The molecule has 0 radical (unpaired) electrons. The zero-order valence-corrected chi connectivity index (χ0v) is 15.9. The number of hydrogen-bond donors (Lipinski definition) is 1. The molecule has 0 aliphatic carbocycles. The lowest BCUT2D eigenvalue weighted by Gasteiger charge is -2.34. The standard InChI is InChI=1S/C17H14ClF3N2O4S/c1-28(25,26)23-9-15(27-14-5-3-2-4-13(14)23)16(24)22-12-7-6-10(18)8-11(12)17(19,20)21/h2-8,15H,9H2,1H3,(H,22,24)/t15-/m1/s1. The first-order valence-electron chi connectivity index (χ1n) is 7.88. The fraction of sp³-hybridized carbons (Fsp3) is 0.235. The molecule has 150 valence electrons. The Morgan fingerprint density at radius 2 is 1.93 bits per heavy atom. The topological polar surface area (TPSA) is 75.7 Å². The van der Waals surface area contributed by atoms with Gasteiger partial charge in [-0.3, -0.25) is 9.10 Å². The number of nitrogens with zero attached hydrogens (tertiary/aromatic N) is 1. The lowest BCUT2D eigenvalue weighted by atomic mass is 10.1. The second-order valence-corrected chi connectivity index (χ2v) is 8.39. The van der Waals surface area contributed by atoms with Crippen LogP contribution in [-0.4, -0.2) is 33.2 Å². The number of carbonyl (C=O) groups is 1. The van der Waals surface area contributed by atoms with Crippen molar-refractivity contribution in [2.75, 3.05) is 22.4 Å². The number of carbonyl (C=O) groups excluding carboxylic acids is 1. The SMILES string of the molecule is CS(=O)(=O)N1C[C@H](C(=O)Nc2ccc(Cl)cc2C(F)(F)F)Oc2ccccc21. The van der Waals surface area contributed by atoms with Crippen molar-refractivity contribution in [3.05, 3.63) is 53.1 Å². The Morgan fingerprint density at radius 3 is 2.57 bits per heavy atom. The highest BCUT2D eigenvalue weighted by atomic mass is 35.5. The molecule has 2 aromatic carbocycles. The molecular formula is C17H14ClF3N2O4S. The van der Waals surface area contributed by atoms with Crippen LogP contribution in [0.4, 0.5) is 24.5 Å². The summed E-state index contributed by atoms with van der Waals surface area (Å²) in [5.41, 5.74) is -1.38. The highest BCUT2D eigenvalue weighted by molar-refractivity contribution is 7.92. The Labute approximate surface area is 163 Å². The summed E-state index contributed by atoms with van der Waals surface area (Å²) in [5.74, 6) is -0.789. The number of anilines is 2. The normalized spacial score (nSPS) is 16.9. The predicted octanol–water partition coefficient (Wildman–Crippen LogP) is 3.52. The van der Waals surface area contributed by atoms with Gasteiger partial charge in [0.05, 0.1) is 29.7 Å². The molecule has 0 saturated heterocycles. The highest BCUT2D eigenvalue weighted by Gasteiger charge is 2.37. The van der Waals surface area contributed by atoms with E-state index in [1.54, 1.807) is 12.1 Å². The number of halogens is 4. The van der Waals surface area contributed by atoms with Gasteiger partial charge in [-0.25, -0.2) is 8.42 Å². The van der Waals surface area contributed by atoms with Crippen LogP contribution in [0, 0.1) is 0 Å². The van der Waals surface area contributed by atoms with E-state index in [1.807, 2.05) is 0 Å². The van der Waals surface area contributed by atoms with Crippen molar-refractivity contribution < 1.29 is 31.1 Å². The van der Waals surface area contributed by atoms with E-state index in [0.29, 0.717) is 6.07 Å². The number of sulfonamides is 1. The van der Waals surface area contributed by atoms with Crippen LogP contribution in [0.3, 0.4) is 0 Å². The minimum absolute atomic E-state index is 0.131. The third kappa shape index (κ3) is 4.17. The van der Waals surface area contributed by atoms with Crippen LogP contribution in [0.2, 0.25) is 5.02 Å². The number of benzene rings is 2. The van der Waals surface area contributed by atoms with Gasteiger partial charge in [-0.1, -0.05) is 23.7 Å². The second kappa shape index (κ2) is 7.17. The number of hydrogen-bond acceptors (Lipinski definition) is 4. The maximum atomic E-state index is 13.2. The Balaban J connectivity index is 1.91. The van der Waals surface area contributed by atoms with Crippen molar-refractivity contribution >= 4 is 38.9 Å². The second-order valence-electron chi connectivity index (χ2n) is 6.05. The monoisotopic (exact) mass is 434 g/mol. The summed E-state index contributed by atoms with van der Waals surface area (Å²) < 4.78 is 70.3. The summed E-state index contributed by atoms with van der Waals surface area (Å²) in [7, 11) is -3.74. The molecule has 1 aliphatic heterocycles. The van der Waals surface area contributed by atoms with E-state index < -0.39 is 39.5 Å². The summed E-state index contributed by atoms with van der Waals surface area (Å²) in [6.45, 7) is -0.378. The average Bonchev–Trinajstić information content (AvgIpc) is 2.60. The van der Waals surface area contributed by atoms with Gasteiger partial charge in [-0.05, 0) is 30.3 Å². The van der Waals surface area contributed by atoms with Gasteiger partial charge >= 0.3 is 6.18 Å². The Bertz CT molecular complexity index is 1030. The molecule has 0 spiro atoms. The van der Waals surface area contributed by atoms with E-state index in [1.165, 1.54) is 18.2 Å². The molecule has 1 heterocycles. The fourth-order valence-corrected chi connectivity index (χ4v) is 3.81. The Kier molecular flexibility index (Phi) is 5.20. The minimum Gasteiger partial charge on any atom is -0.476 e. The van der Waals surface area contributed by atoms with Gasteiger partial charge in [0.15, 0.2) is 6.10 Å². The van der Waals surface area contributed by atoms with Crippen LogP contribution in [0.15, 0.2) is 42.5 Å². The molecule has 1 amide bonds. The Morgan fingerprint density at radius 1 is 1.25 bits per heavy atom. The van der Waals surface area contributed by atoms with Crippen LogP contribution < -0.4 is 14.4 Å². The minimum atomic E-state index is -4.74. The van der Waals surface area contributed by atoms with E-state index in [9.17, 15) is 26.4 Å². The lowest BCUT2D eigenvalue weighted by molar-refractivity contribution is -0.137. The van der Waals surface area contributed by atoms with Crippen LogP contribution in [0.1, 0.15) is 5.56 Å². The lowest BCUT2D eigenvalue weighted by Crippen LogP contribution is -2.48. The van der Waals surface area contributed by atoms with Crippen molar-refractivity contribution in [1.82, 2.24) is 0 Å². The van der Waals surface area contributed by atoms with E-state index in [2.05, 4.69) is 5.32 Å². The van der Waals surface area contributed by atoms with Gasteiger partial charge in [0.1, 0.15) is 5.75 Å². The maximum Gasteiger partial charge on any atom is 0.418 e. The summed E-state index contributed by atoms with van der Waals surface area (Å²) in [5, 5.41) is 2.01. The van der Waals surface area contributed by atoms with Crippen LogP contribution >= 0.6 is 11.6 Å². The molecule has 0 bridgehead atoms. The molecule has 1 atom stereocenters. The number of para-hydroxylation sites is 2. The van der Waals surface area contributed by atoms with E-state index in [0.717, 1.165) is 16.6 Å². The molecule has 3 rings (SSSR count). The number of fused-ring (bicyclic) bond motifs is 1. The summed E-state index contributed by atoms with van der Waals surface area (Å²) in [6.07, 6.45) is -5.13. The van der Waals surface area contributed by atoms with E-state index in [4.69, 9.17) is 16.3 Å². The van der Waals surface area contributed by atoms with Gasteiger partial charge < -0.3 is 10.1 Å². The number of nitrogens with one attached hydrogen (secondary N) is 1. The zero-order chi connectivity index (χ0) is 20.7. The molecule has 0 aromatic heterocycles. The van der Waals surface area contributed by atoms with E-state index >= 15 is 0 Å². The smallest absolute Gasteiger partial charge is 0.418 e. The number of amides is 1. The van der Waals surface area contributed by atoms with Crippen molar-refractivity contribution in [3.63, 3.8) is 0 Å². The first-order valence-corrected chi connectivity index (χ1v) is 10.1. The third-order valence-electron chi connectivity index (χ3n) is 3.97. The largest absolute Gasteiger partial charge is 0.476 e. The summed E-state index contributed by atoms with van der Waals surface area (Å²) >= 11 is 5.62. The van der Waals surface area contributed by atoms with Crippen molar-refractivity contribution in [2.45, 2.75) is 12.3 Å². The molecule has 28 heavy (non-hydrogen) atoms. The molecule has 11 heteroatoms. The van der Waals surface area contributed by atoms with Crippen molar-refractivity contribution in [3.8, 4) is 5.75 Å². The molecule has 6 nitrogen and oxygen atoms in total. The predicted molar refractivity (Wildman–Crippen MR) is 98.1 cm³/mol. The highest BCUT2D eigenvalue weighted by Crippen LogP contribution is 2.38. The summed E-state index contributed by atoms with van der Waals surface area (Å²) in [6, 6.07) is 9.07. The van der Waals surface area contributed by atoms with Gasteiger partial charge in [0.2, 0.25) is 10.0 Å². The molecule has 1 N–H and O–H groups in total. The first-order chi connectivity index (χ1) is 13.0. The van der Waals surface area contributed by atoms with Gasteiger partial charge in [-0.15, -0.1) is 0 Å². The molecular weight excluding hydrogens is 421 g/mol. The van der Waals surface area contributed by atoms with Crippen LogP contribution in [-0.2, 0) is 21.0 Å². The quantitative estimate of drug-likeness (QED) is 0.802. The summed E-state index contributed by atoms with van der Waals surface area (Å²) in [4.78, 5) is 12.6. The maximum absolute atomic E-state index is 13.2. The van der Waals surface area contributed by atoms with Crippen LogP contribution in [0.25, 0.3) is 0 Å². The van der Waals surface area contributed by atoms with Gasteiger partial charge in [0.25, 0.3) is 5.91 Å². The molecule has 2 aromatic rings. The van der Waals surface area contributed by atoms with Gasteiger partial charge in [0, 0.05) is 5.02 Å². The van der Waals surface area contributed by atoms with E-state index in [-0.39, 0.29) is 23.0 Å². The number of ether oxygens (including phenoxy) is 1. The van der Waals surface area contributed by atoms with Crippen LogP contribution in [0.5, 0.6) is 5.75 Å². The zero-order valence-electron chi connectivity index (χ0n) is 14.3. The molecule has 0 fully saturated rings. The van der Waals surface area contributed by atoms with Crippen molar-refractivity contribution in [2.24, 2.45) is 0 Å².